The molecular weight excluding hydrogens is 266 g/mol. The fourth-order valence-corrected chi connectivity index (χ4v) is 2.60. The molecule has 2 amide bonds. The maximum absolute atomic E-state index is 11.9. The molecule has 0 bridgehead atoms. The molecule has 0 spiro atoms. The molecular formula is C15H19N5O. The second-order valence-corrected chi connectivity index (χ2v) is 5.39. The largest absolute Gasteiger partial charge is 0.338 e. The molecule has 1 atom stereocenters. The number of rotatable bonds is 3. The lowest BCUT2D eigenvalue weighted by Gasteiger charge is -2.23. The fourth-order valence-electron chi connectivity index (χ4n) is 2.60. The highest BCUT2D eigenvalue weighted by molar-refractivity contribution is 5.88. The van der Waals surface area contributed by atoms with Crippen LogP contribution in [0.2, 0.25) is 0 Å². The van der Waals surface area contributed by atoms with Gasteiger partial charge in [-0.3, -0.25) is 5.32 Å². The third-order valence-corrected chi connectivity index (χ3v) is 3.73. The van der Waals surface area contributed by atoms with Gasteiger partial charge in [0.1, 0.15) is 11.6 Å². The van der Waals surface area contributed by atoms with Crippen LogP contribution in [0.1, 0.15) is 17.9 Å². The topological polar surface area (TPSA) is 71.8 Å². The minimum Gasteiger partial charge on any atom is -0.338 e. The Hall–Kier alpha value is -2.37. The normalized spacial score (nSPS) is 17.1. The standard InChI is InChI=1S/C15H19N5O/c1-11-3-2-4-13(18-11)19-15(21)17-10-12-5-7-20-8-6-16-14(20)9-12/h2-4,6,8,12H,5,7,9-10H2,1H3,(H2,17,18,19,21)/t12-/m0/s1. The number of imidazole rings is 1. The van der Waals surface area contributed by atoms with Gasteiger partial charge in [0.2, 0.25) is 0 Å². The van der Waals surface area contributed by atoms with Crippen molar-refractivity contribution < 1.29 is 4.79 Å². The third-order valence-electron chi connectivity index (χ3n) is 3.73. The van der Waals surface area contributed by atoms with Crippen LogP contribution in [0.15, 0.2) is 30.6 Å². The number of anilines is 1. The minimum atomic E-state index is -0.206. The van der Waals surface area contributed by atoms with Crippen molar-refractivity contribution in [3.63, 3.8) is 0 Å². The van der Waals surface area contributed by atoms with Crippen molar-refractivity contribution >= 4 is 11.8 Å². The highest BCUT2D eigenvalue weighted by Gasteiger charge is 2.19. The van der Waals surface area contributed by atoms with Crippen molar-refractivity contribution in [3.8, 4) is 0 Å². The van der Waals surface area contributed by atoms with Crippen LogP contribution < -0.4 is 10.6 Å². The van der Waals surface area contributed by atoms with Crippen molar-refractivity contribution in [1.29, 1.82) is 0 Å². The minimum absolute atomic E-state index is 0.206. The van der Waals surface area contributed by atoms with E-state index in [4.69, 9.17) is 0 Å². The Balaban J connectivity index is 1.48. The second-order valence-electron chi connectivity index (χ2n) is 5.39. The Morgan fingerprint density at radius 1 is 1.48 bits per heavy atom. The van der Waals surface area contributed by atoms with Gasteiger partial charge < -0.3 is 9.88 Å². The van der Waals surface area contributed by atoms with E-state index < -0.39 is 0 Å². The van der Waals surface area contributed by atoms with Crippen LogP contribution in [0.4, 0.5) is 10.6 Å². The van der Waals surface area contributed by atoms with E-state index in [-0.39, 0.29) is 6.03 Å². The van der Waals surface area contributed by atoms with Gasteiger partial charge in [-0.2, -0.15) is 0 Å². The molecule has 110 valence electrons. The Kier molecular flexibility index (Phi) is 3.85. The summed E-state index contributed by atoms with van der Waals surface area (Å²) in [5.41, 5.74) is 0.881. The van der Waals surface area contributed by atoms with Crippen LogP contribution >= 0.6 is 0 Å². The van der Waals surface area contributed by atoms with Crippen molar-refractivity contribution in [1.82, 2.24) is 19.9 Å². The van der Waals surface area contributed by atoms with Gasteiger partial charge in [0.05, 0.1) is 0 Å². The monoisotopic (exact) mass is 285 g/mol. The maximum atomic E-state index is 11.9. The quantitative estimate of drug-likeness (QED) is 0.905. The second kappa shape index (κ2) is 5.95. The van der Waals surface area contributed by atoms with Crippen molar-refractivity contribution in [2.24, 2.45) is 5.92 Å². The van der Waals surface area contributed by atoms with E-state index in [0.717, 1.165) is 30.9 Å². The van der Waals surface area contributed by atoms with Gasteiger partial charge in [-0.15, -0.1) is 0 Å². The molecule has 2 N–H and O–H groups in total. The van der Waals surface area contributed by atoms with Crippen LogP contribution in [0.25, 0.3) is 0 Å². The first-order chi connectivity index (χ1) is 10.2. The molecule has 0 unspecified atom stereocenters. The Bertz CT molecular complexity index is 636. The highest BCUT2D eigenvalue weighted by Crippen LogP contribution is 2.18. The first-order valence-electron chi connectivity index (χ1n) is 7.19. The van der Waals surface area contributed by atoms with Gasteiger partial charge in [-0.25, -0.2) is 14.8 Å². The molecule has 0 saturated carbocycles. The zero-order chi connectivity index (χ0) is 14.7. The summed E-state index contributed by atoms with van der Waals surface area (Å²) in [6, 6.07) is 5.35. The number of carbonyl (C=O) groups is 1. The molecule has 6 nitrogen and oxygen atoms in total. The fraction of sp³-hybridized carbons (Fsp3) is 0.400. The van der Waals surface area contributed by atoms with Crippen LogP contribution in [0, 0.1) is 12.8 Å². The molecule has 3 rings (SSSR count). The lowest BCUT2D eigenvalue weighted by molar-refractivity contribution is 0.248. The average molecular weight is 285 g/mol. The molecule has 0 aromatic carbocycles. The van der Waals surface area contributed by atoms with Crippen LogP contribution in [0.5, 0.6) is 0 Å². The SMILES string of the molecule is Cc1cccc(NC(=O)NC[C@H]2CCn3ccnc3C2)n1. The van der Waals surface area contributed by atoms with Gasteiger partial charge in [0.15, 0.2) is 0 Å². The van der Waals surface area contributed by atoms with Gasteiger partial charge in [0.25, 0.3) is 0 Å². The molecule has 1 aliphatic rings. The molecule has 0 saturated heterocycles. The summed E-state index contributed by atoms with van der Waals surface area (Å²) in [6.45, 7) is 3.53. The van der Waals surface area contributed by atoms with Gasteiger partial charge >= 0.3 is 6.03 Å². The van der Waals surface area contributed by atoms with E-state index in [9.17, 15) is 4.79 Å². The Morgan fingerprint density at radius 3 is 3.24 bits per heavy atom. The molecule has 6 heteroatoms. The van der Waals surface area contributed by atoms with E-state index in [0.29, 0.717) is 18.3 Å². The van der Waals surface area contributed by atoms with Crippen LogP contribution in [0.3, 0.4) is 0 Å². The zero-order valence-electron chi connectivity index (χ0n) is 12.0. The number of hydrogen-bond donors (Lipinski definition) is 2. The molecule has 2 aromatic rings. The number of nitrogens with zero attached hydrogens (tertiary/aromatic N) is 3. The van der Waals surface area contributed by atoms with E-state index in [1.54, 1.807) is 6.07 Å². The summed E-state index contributed by atoms with van der Waals surface area (Å²) < 4.78 is 2.17. The summed E-state index contributed by atoms with van der Waals surface area (Å²) in [5.74, 6) is 2.12. The highest BCUT2D eigenvalue weighted by atomic mass is 16.2. The molecule has 0 fully saturated rings. The predicted molar refractivity (Wildman–Crippen MR) is 80.0 cm³/mol. The Morgan fingerprint density at radius 2 is 2.38 bits per heavy atom. The van der Waals surface area contributed by atoms with Crippen molar-refractivity contribution in [2.75, 3.05) is 11.9 Å². The van der Waals surface area contributed by atoms with Crippen molar-refractivity contribution in [2.45, 2.75) is 26.3 Å². The number of pyridine rings is 1. The van der Waals surface area contributed by atoms with E-state index in [2.05, 4.69) is 25.2 Å². The summed E-state index contributed by atoms with van der Waals surface area (Å²) in [4.78, 5) is 20.5. The van der Waals surface area contributed by atoms with Gasteiger partial charge in [0, 0.05) is 37.6 Å². The number of carbonyl (C=O) groups excluding carboxylic acids is 1. The summed E-state index contributed by atoms with van der Waals surface area (Å²) in [6.07, 6.45) is 5.82. The number of nitrogens with one attached hydrogen (secondary N) is 2. The molecule has 3 heterocycles. The van der Waals surface area contributed by atoms with E-state index >= 15 is 0 Å². The van der Waals surface area contributed by atoms with Crippen molar-refractivity contribution in [3.05, 3.63) is 42.1 Å². The predicted octanol–water partition coefficient (Wildman–Crippen LogP) is 1.97. The van der Waals surface area contributed by atoms with E-state index in [1.165, 1.54) is 0 Å². The van der Waals surface area contributed by atoms with Crippen LogP contribution in [-0.2, 0) is 13.0 Å². The molecule has 0 radical (unpaired) electrons. The van der Waals surface area contributed by atoms with Gasteiger partial charge in [-0.1, -0.05) is 6.07 Å². The first kappa shape index (κ1) is 13.6. The maximum Gasteiger partial charge on any atom is 0.320 e. The zero-order valence-corrected chi connectivity index (χ0v) is 12.0. The number of fused-ring (bicyclic) bond motifs is 1. The first-order valence-corrected chi connectivity index (χ1v) is 7.19. The smallest absolute Gasteiger partial charge is 0.320 e. The number of amides is 2. The molecule has 0 aliphatic carbocycles. The number of aromatic nitrogens is 3. The lowest BCUT2D eigenvalue weighted by atomic mass is 9.98. The molecule has 1 aliphatic heterocycles. The van der Waals surface area contributed by atoms with Gasteiger partial charge in [-0.05, 0) is 31.4 Å². The number of hydrogen-bond acceptors (Lipinski definition) is 3. The average Bonchev–Trinajstić information content (AvgIpc) is 2.92. The molecule has 21 heavy (non-hydrogen) atoms. The Labute approximate surface area is 123 Å². The lowest BCUT2D eigenvalue weighted by Crippen LogP contribution is -2.36. The van der Waals surface area contributed by atoms with E-state index in [1.807, 2.05) is 31.5 Å². The molecule has 2 aromatic heterocycles. The number of aryl methyl sites for hydroxylation is 2. The van der Waals surface area contributed by atoms with Crippen LogP contribution in [-0.4, -0.2) is 27.1 Å². The number of urea groups is 1. The summed E-state index contributed by atoms with van der Waals surface area (Å²) in [7, 11) is 0. The summed E-state index contributed by atoms with van der Waals surface area (Å²) in [5, 5.41) is 5.67. The third kappa shape index (κ3) is 3.39. The summed E-state index contributed by atoms with van der Waals surface area (Å²) >= 11 is 0.